The summed E-state index contributed by atoms with van der Waals surface area (Å²) in [5.41, 5.74) is 5.93. The molecule has 0 radical (unpaired) electrons. The van der Waals surface area contributed by atoms with E-state index in [-0.39, 0.29) is 18.0 Å². The van der Waals surface area contributed by atoms with Crippen LogP contribution in [-0.4, -0.2) is 11.3 Å². The highest BCUT2D eigenvalue weighted by molar-refractivity contribution is 9.10. The second kappa shape index (κ2) is 4.50. The monoisotopic (exact) mass is 299 g/mol. The van der Waals surface area contributed by atoms with Gasteiger partial charge in [-0.2, -0.15) is 0 Å². The van der Waals surface area contributed by atoms with Crippen molar-refractivity contribution in [3.05, 3.63) is 34.1 Å². The molecule has 1 aliphatic carbocycles. The molecule has 2 rings (SSSR count). The van der Waals surface area contributed by atoms with E-state index < -0.39 is 5.54 Å². The number of hydrogen-bond donors (Lipinski definition) is 1. The van der Waals surface area contributed by atoms with E-state index in [1.54, 1.807) is 13.0 Å². The third kappa shape index (κ3) is 2.75. The molecule has 0 bridgehead atoms. The van der Waals surface area contributed by atoms with Gasteiger partial charge in [0.15, 0.2) is 5.78 Å². The lowest BCUT2D eigenvalue weighted by Gasteiger charge is -2.22. The predicted octanol–water partition coefficient (Wildman–Crippen LogP) is 2.83. The summed E-state index contributed by atoms with van der Waals surface area (Å²) in [5, 5.41) is 0. The summed E-state index contributed by atoms with van der Waals surface area (Å²) in [7, 11) is 0. The van der Waals surface area contributed by atoms with Crippen LogP contribution in [0.3, 0.4) is 0 Å². The molecule has 1 unspecified atom stereocenters. The number of rotatable bonds is 4. The second-order valence-corrected chi connectivity index (χ2v) is 5.75. The molecule has 1 aromatic carbocycles. The average Bonchev–Trinajstić information content (AvgIpc) is 3.07. The van der Waals surface area contributed by atoms with E-state index >= 15 is 0 Å². The molecular weight excluding hydrogens is 285 g/mol. The molecule has 2 N–H and O–H groups in total. The normalized spacial score (nSPS) is 18.8. The Morgan fingerprint density at radius 1 is 1.59 bits per heavy atom. The number of ketones is 1. The highest BCUT2D eigenvalue weighted by Crippen LogP contribution is 2.39. The van der Waals surface area contributed by atoms with Gasteiger partial charge >= 0.3 is 0 Å². The van der Waals surface area contributed by atoms with E-state index in [4.69, 9.17) is 5.73 Å². The average molecular weight is 300 g/mol. The van der Waals surface area contributed by atoms with Crippen molar-refractivity contribution in [1.29, 1.82) is 0 Å². The van der Waals surface area contributed by atoms with Gasteiger partial charge in [0.2, 0.25) is 0 Å². The van der Waals surface area contributed by atoms with Gasteiger partial charge in [-0.25, -0.2) is 4.39 Å². The van der Waals surface area contributed by atoms with Crippen molar-refractivity contribution < 1.29 is 9.18 Å². The van der Waals surface area contributed by atoms with E-state index in [1.165, 1.54) is 12.1 Å². The molecule has 1 atom stereocenters. The minimum atomic E-state index is -0.772. The van der Waals surface area contributed by atoms with Crippen molar-refractivity contribution in [3.8, 4) is 0 Å². The zero-order chi connectivity index (χ0) is 12.6. The minimum absolute atomic E-state index is 0.0219. The first kappa shape index (κ1) is 12.7. The van der Waals surface area contributed by atoms with Crippen LogP contribution in [0.2, 0.25) is 0 Å². The number of halogens is 2. The molecule has 0 aliphatic heterocycles. The Bertz CT molecular complexity index is 455. The first-order valence-corrected chi connectivity index (χ1v) is 6.46. The molecule has 92 valence electrons. The van der Waals surface area contributed by atoms with Gasteiger partial charge in [0.05, 0.1) is 5.54 Å². The lowest BCUT2D eigenvalue weighted by atomic mass is 9.88. The summed E-state index contributed by atoms with van der Waals surface area (Å²) < 4.78 is 13.9. The molecule has 1 aromatic rings. The van der Waals surface area contributed by atoms with Gasteiger partial charge in [-0.05, 0) is 49.4 Å². The summed E-state index contributed by atoms with van der Waals surface area (Å²) in [4.78, 5) is 12.1. The van der Waals surface area contributed by atoms with Gasteiger partial charge < -0.3 is 5.73 Å². The molecule has 1 fully saturated rings. The first-order valence-electron chi connectivity index (χ1n) is 5.67. The zero-order valence-electron chi connectivity index (χ0n) is 9.67. The van der Waals surface area contributed by atoms with Gasteiger partial charge in [-0.3, -0.25) is 4.79 Å². The Morgan fingerprint density at radius 2 is 2.24 bits per heavy atom. The number of benzene rings is 1. The lowest BCUT2D eigenvalue weighted by molar-refractivity contribution is -0.123. The maximum absolute atomic E-state index is 13.1. The minimum Gasteiger partial charge on any atom is -0.319 e. The Hall–Kier alpha value is -0.740. The molecule has 0 aromatic heterocycles. The maximum Gasteiger partial charge on any atom is 0.157 e. The van der Waals surface area contributed by atoms with E-state index in [0.717, 1.165) is 17.3 Å². The summed E-state index contributed by atoms with van der Waals surface area (Å²) in [6.45, 7) is 1.78. The zero-order valence-corrected chi connectivity index (χ0v) is 11.3. The van der Waals surface area contributed by atoms with Crippen LogP contribution >= 0.6 is 15.9 Å². The third-order valence-corrected chi connectivity index (χ3v) is 4.16. The number of hydrogen-bond acceptors (Lipinski definition) is 2. The quantitative estimate of drug-likeness (QED) is 0.929. The molecule has 1 aliphatic rings. The summed E-state index contributed by atoms with van der Waals surface area (Å²) in [6.07, 6.45) is 2.22. The Kier molecular flexibility index (Phi) is 3.36. The Morgan fingerprint density at radius 3 is 2.82 bits per heavy atom. The molecule has 2 nitrogen and oxygen atoms in total. The van der Waals surface area contributed by atoms with Gasteiger partial charge in [-0.15, -0.1) is 0 Å². The molecular formula is C13H15BrFNO. The molecule has 0 heterocycles. The summed E-state index contributed by atoms with van der Waals surface area (Å²) in [6, 6.07) is 4.36. The summed E-state index contributed by atoms with van der Waals surface area (Å²) in [5.74, 6) is -0.0604. The van der Waals surface area contributed by atoms with Gasteiger partial charge in [0, 0.05) is 10.9 Å². The van der Waals surface area contributed by atoms with Crippen LogP contribution in [0.25, 0.3) is 0 Å². The van der Waals surface area contributed by atoms with Crippen molar-refractivity contribution >= 4 is 21.7 Å². The predicted molar refractivity (Wildman–Crippen MR) is 68.1 cm³/mol. The van der Waals surface area contributed by atoms with Crippen molar-refractivity contribution in [2.75, 3.05) is 0 Å². The number of carbonyl (C=O) groups is 1. The second-order valence-electron chi connectivity index (χ2n) is 4.89. The molecule has 0 saturated heterocycles. The van der Waals surface area contributed by atoms with Gasteiger partial charge in [0.25, 0.3) is 0 Å². The van der Waals surface area contributed by atoms with Gasteiger partial charge in [0.1, 0.15) is 5.82 Å². The van der Waals surface area contributed by atoms with Crippen molar-refractivity contribution in [2.24, 2.45) is 11.7 Å². The molecule has 17 heavy (non-hydrogen) atoms. The van der Waals surface area contributed by atoms with Crippen LogP contribution in [-0.2, 0) is 11.2 Å². The third-order valence-electron chi connectivity index (χ3n) is 3.39. The highest BCUT2D eigenvalue weighted by atomic mass is 79.9. The lowest BCUT2D eigenvalue weighted by Crippen LogP contribution is -2.48. The fraction of sp³-hybridized carbons (Fsp3) is 0.462. The van der Waals surface area contributed by atoms with Crippen LogP contribution in [0.15, 0.2) is 22.7 Å². The SMILES string of the molecule is CC(N)(C(=O)Cc1cc(F)ccc1Br)C1CC1. The smallest absolute Gasteiger partial charge is 0.157 e. The molecule has 0 spiro atoms. The van der Waals surface area contributed by atoms with Crippen LogP contribution in [0.5, 0.6) is 0 Å². The van der Waals surface area contributed by atoms with E-state index in [1.807, 2.05) is 0 Å². The van der Waals surface area contributed by atoms with Crippen LogP contribution < -0.4 is 5.73 Å². The fourth-order valence-corrected chi connectivity index (χ4v) is 2.34. The number of nitrogens with two attached hydrogens (primary N) is 1. The Labute approximate surface area is 109 Å². The van der Waals surface area contributed by atoms with Gasteiger partial charge in [-0.1, -0.05) is 15.9 Å². The fourth-order valence-electron chi connectivity index (χ4n) is 1.95. The van der Waals surface area contributed by atoms with Crippen LogP contribution in [0, 0.1) is 11.7 Å². The van der Waals surface area contributed by atoms with Crippen LogP contribution in [0.1, 0.15) is 25.3 Å². The number of carbonyl (C=O) groups excluding carboxylic acids is 1. The van der Waals surface area contributed by atoms with E-state index in [2.05, 4.69) is 15.9 Å². The summed E-state index contributed by atoms with van der Waals surface area (Å²) >= 11 is 3.32. The van der Waals surface area contributed by atoms with Crippen LogP contribution in [0.4, 0.5) is 4.39 Å². The van der Waals surface area contributed by atoms with E-state index in [0.29, 0.717) is 11.5 Å². The van der Waals surface area contributed by atoms with Crippen molar-refractivity contribution in [2.45, 2.75) is 31.7 Å². The molecule has 1 saturated carbocycles. The van der Waals surface area contributed by atoms with Crippen molar-refractivity contribution in [1.82, 2.24) is 0 Å². The number of Topliss-reactive ketones (excluding diaryl/α,β-unsaturated/α-hetero) is 1. The topological polar surface area (TPSA) is 43.1 Å². The largest absolute Gasteiger partial charge is 0.319 e. The highest BCUT2D eigenvalue weighted by Gasteiger charge is 2.43. The standard InChI is InChI=1S/C13H15BrFNO/c1-13(16,9-2-3-9)12(17)7-8-6-10(15)4-5-11(8)14/h4-6,9H,2-3,7,16H2,1H3. The molecule has 0 amide bonds. The Balaban J connectivity index is 2.15. The van der Waals surface area contributed by atoms with E-state index in [9.17, 15) is 9.18 Å². The maximum atomic E-state index is 13.1. The molecule has 4 heteroatoms. The first-order chi connectivity index (χ1) is 7.91. The van der Waals surface area contributed by atoms with Crippen molar-refractivity contribution in [3.63, 3.8) is 0 Å².